The average molecular weight is 383 g/mol. The zero-order valence-corrected chi connectivity index (χ0v) is 17.0. The van der Waals surface area contributed by atoms with Crippen LogP contribution in [0.3, 0.4) is 0 Å². The van der Waals surface area contributed by atoms with Gasteiger partial charge in [0.25, 0.3) is 5.91 Å². The van der Waals surface area contributed by atoms with Crippen LogP contribution in [-0.4, -0.2) is 41.5 Å². The van der Waals surface area contributed by atoms with Crippen LogP contribution in [0.5, 0.6) is 0 Å². The van der Waals surface area contributed by atoms with Gasteiger partial charge in [0.05, 0.1) is 11.3 Å². The van der Waals surface area contributed by atoms with Gasteiger partial charge in [0.1, 0.15) is 5.69 Å². The lowest BCUT2D eigenvalue weighted by Gasteiger charge is -2.49. The number of carbonyl (C=O) groups is 1. The van der Waals surface area contributed by atoms with E-state index in [1.807, 2.05) is 30.5 Å². The molecule has 0 spiro atoms. The minimum absolute atomic E-state index is 0.285. The molecule has 1 aliphatic carbocycles. The van der Waals surface area contributed by atoms with Crippen molar-refractivity contribution in [2.24, 2.45) is 17.6 Å². The van der Waals surface area contributed by atoms with Crippen molar-refractivity contribution in [3.05, 3.63) is 59.7 Å². The number of rotatable bonds is 7. The first-order valence-corrected chi connectivity index (χ1v) is 9.87. The maximum atomic E-state index is 11.7. The highest BCUT2D eigenvalue weighted by atomic mass is 16.5. The molecular weight excluding hydrogens is 352 g/mol. The van der Waals surface area contributed by atoms with Crippen LogP contribution in [0.2, 0.25) is 0 Å². The van der Waals surface area contributed by atoms with Crippen molar-refractivity contribution in [1.82, 2.24) is 14.9 Å². The lowest BCUT2D eigenvalue weighted by molar-refractivity contribution is -0.132. The second kappa shape index (κ2) is 8.80. The van der Waals surface area contributed by atoms with Crippen LogP contribution < -0.4 is 5.73 Å². The van der Waals surface area contributed by atoms with Gasteiger partial charge in [0.15, 0.2) is 0 Å². The lowest BCUT2D eigenvalue weighted by Crippen LogP contribution is -2.49. The molecular formula is C22H30N4O2. The number of methoxy groups -OCH3 is 1. The smallest absolute Gasteiger partial charge is 0.267 e. The van der Waals surface area contributed by atoms with Crippen molar-refractivity contribution >= 4 is 5.91 Å². The Balaban J connectivity index is 1.89. The summed E-state index contributed by atoms with van der Waals surface area (Å²) >= 11 is 0. The quantitative estimate of drug-likeness (QED) is 0.796. The first kappa shape index (κ1) is 20.4. The number of aromatic nitrogens is 2. The number of amides is 1. The molecule has 2 N–H and O–H groups in total. The zero-order chi connectivity index (χ0) is 20.1. The van der Waals surface area contributed by atoms with Crippen LogP contribution in [0.15, 0.2) is 42.7 Å². The largest absolute Gasteiger partial charge is 0.373 e. The number of hydrogen-bond donors (Lipinski definition) is 1. The van der Waals surface area contributed by atoms with Crippen LogP contribution >= 0.6 is 0 Å². The maximum absolute atomic E-state index is 11.7. The monoisotopic (exact) mass is 382 g/mol. The molecule has 6 nitrogen and oxygen atoms in total. The van der Waals surface area contributed by atoms with Crippen molar-refractivity contribution in [2.45, 2.75) is 38.3 Å². The van der Waals surface area contributed by atoms with E-state index in [2.05, 4.69) is 28.8 Å². The van der Waals surface area contributed by atoms with Gasteiger partial charge in [-0.05, 0) is 55.6 Å². The third-order valence-corrected chi connectivity index (χ3v) is 6.02. The third-order valence-electron chi connectivity index (χ3n) is 6.02. The molecule has 3 rings (SSSR count). The van der Waals surface area contributed by atoms with Gasteiger partial charge in [-0.3, -0.25) is 14.8 Å². The molecule has 28 heavy (non-hydrogen) atoms. The summed E-state index contributed by atoms with van der Waals surface area (Å²) in [5, 5.41) is 0. The fourth-order valence-corrected chi connectivity index (χ4v) is 4.75. The van der Waals surface area contributed by atoms with Crippen LogP contribution in [-0.2, 0) is 16.9 Å². The van der Waals surface area contributed by atoms with Gasteiger partial charge < -0.3 is 15.4 Å². The molecule has 0 saturated heterocycles. The number of nitrogens with zero attached hydrogens (tertiary/aromatic N) is 3. The number of carbonyl (C=O) groups excluding carboxylic acids is 1. The van der Waals surface area contributed by atoms with Gasteiger partial charge in [-0.15, -0.1) is 0 Å². The summed E-state index contributed by atoms with van der Waals surface area (Å²) in [7, 11) is 3.90. The predicted molar refractivity (Wildman–Crippen MR) is 109 cm³/mol. The van der Waals surface area contributed by atoms with E-state index in [0.717, 1.165) is 37.2 Å². The van der Waals surface area contributed by atoms with Gasteiger partial charge in [0.2, 0.25) is 0 Å². The molecule has 6 heteroatoms. The summed E-state index contributed by atoms with van der Waals surface area (Å²) in [6, 6.07) is 9.76. The van der Waals surface area contributed by atoms with E-state index in [1.165, 1.54) is 6.42 Å². The topological polar surface area (TPSA) is 81.3 Å². The Labute approximate surface area is 167 Å². The summed E-state index contributed by atoms with van der Waals surface area (Å²) in [5.74, 6) is 0.0982. The molecule has 1 saturated carbocycles. The number of ether oxygens (including phenoxy) is 1. The Bertz CT molecular complexity index is 798. The summed E-state index contributed by atoms with van der Waals surface area (Å²) < 4.78 is 6.25. The van der Waals surface area contributed by atoms with Crippen molar-refractivity contribution < 1.29 is 9.53 Å². The van der Waals surface area contributed by atoms with Crippen molar-refractivity contribution in [2.75, 3.05) is 20.7 Å². The van der Waals surface area contributed by atoms with Crippen LogP contribution in [0, 0.1) is 11.8 Å². The maximum Gasteiger partial charge on any atom is 0.267 e. The van der Waals surface area contributed by atoms with Crippen LogP contribution in [0.4, 0.5) is 0 Å². The number of pyridine rings is 2. The first-order chi connectivity index (χ1) is 13.5. The molecule has 1 aliphatic rings. The Morgan fingerprint density at radius 3 is 2.79 bits per heavy atom. The second-order valence-electron chi connectivity index (χ2n) is 7.84. The Hall–Kier alpha value is -2.31. The fraction of sp³-hybridized carbons (Fsp3) is 0.500. The van der Waals surface area contributed by atoms with Crippen molar-refractivity contribution in [1.29, 1.82) is 0 Å². The zero-order valence-electron chi connectivity index (χ0n) is 17.0. The summed E-state index contributed by atoms with van der Waals surface area (Å²) in [4.78, 5) is 22.5. The Kier molecular flexibility index (Phi) is 6.42. The summed E-state index contributed by atoms with van der Waals surface area (Å²) in [5.41, 5.74) is 7.33. The summed E-state index contributed by atoms with van der Waals surface area (Å²) in [6.45, 7) is 3.90. The van der Waals surface area contributed by atoms with E-state index in [-0.39, 0.29) is 11.6 Å². The van der Waals surface area contributed by atoms with Gasteiger partial charge in [-0.25, -0.2) is 0 Å². The highest BCUT2D eigenvalue weighted by molar-refractivity contribution is 5.90. The molecule has 2 aromatic heterocycles. The summed E-state index contributed by atoms with van der Waals surface area (Å²) in [6.07, 6.45) is 6.81. The van der Waals surface area contributed by atoms with E-state index in [9.17, 15) is 4.79 Å². The molecule has 0 aliphatic heterocycles. The average Bonchev–Trinajstić information content (AvgIpc) is 2.69. The van der Waals surface area contributed by atoms with Gasteiger partial charge >= 0.3 is 0 Å². The molecule has 1 amide bonds. The molecule has 3 atom stereocenters. The van der Waals surface area contributed by atoms with Crippen molar-refractivity contribution in [3.8, 4) is 0 Å². The standard InChI is InChI=1S/C22H30N4O2/c1-16-7-6-8-18(14-26(2)15-19-9-4-5-11-24-19)22(16,28-3)17-10-12-25-20(13-17)21(23)27/h4-5,9-13,16,18H,6-8,14-15H2,1-3H3,(H2,23,27). The molecule has 0 radical (unpaired) electrons. The van der Waals surface area contributed by atoms with E-state index in [4.69, 9.17) is 10.5 Å². The van der Waals surface area contributed by atoms with Crippen LogP contribution in [0.25, 0.3) is 0 Å². The second-order valence-corrected chi connectivity index (χ2v) is 7.84. The van der Waals surface area contributed by atoms with E-state index < -0.39 is 11.5 Å². The first-order valence-electron chi connectivity index (χ1n) is 9.87. The molecule has 1 fully saturated rings. The fourth-order valence-electron chi connectivity index (χ4n) is 4.75. The lowest BCUT2D eigenvalue weighted by atomic mass is 9.65. The van der Waals surface area contributed by atoms with Crippen LogP contribution in [0.1, 0.15) is 47.9 Å². The molecule has 0 bridgehead atoms. The molecule has 3 unspecified atom stereocenters. The van der Waals surface area contributed by atoms with Gasteiger partial charge in [-0.2, -0.15) is 0 Å². The minimum atomic E-state index is -0.514. The van der Waals surface area contributed by atoms with Gasteiger partial charge in [-0.1, -0.05) is 19.4 Å². The Morgan fingerprint density at radius 2 is 2.11 bits per heavy atom. The Morgan fingerprint density at radius 1 is 1.29 bits per heavy atom. The highest BCUT2D eigenvalue weighted by Gasteiger charge is 2.47. The molecule has 2 heterocycles. The number of hydrogen-bond acceptors (Lipinski definition) is 5. The van der Waals surface area contributed by atoms with Gasteiger partial charge in [0, 0.05) is 38.5 Å². The molecule has 2 aromatic rings. The number of nitrogens with two attached hydrogens (primary N) is 1. The number of primary amides is 1. The highest BCUT2D eigenvalue weighted by Crippen LogP contribution is 2.48. The molecule has 150 valence electrons. The van der Waals surface area contributed by atoms with E-state index >= 15 is 0 Å². The molecule has 0 aromatic carbocycles. The SMILES string of the molecule is COC1(c2ccnc(C(N)=O)c2)C(C)CCCC1CN(C)Cc1ccccn1. The predicted octanol–water partition coefficient (Wildman–Crippen LogP) is 2.99. The minimum Gasteiger partial charge on any atom is -0.373 e. The third kappa shape index (κ3) is 4.08. The van der Waals surface area contributed by atoms with E-state index in [1.54, 1.807) is 19.4 Å². The van der Waals surface area contributed by atoms with E-state index in [0.29, 0.717) is 5.92 Å². The normalized spacial score (nSPS) is 25.0. The van der Waals surface area contributed by atoms with Crippen molar-refractivity contribution in [3.63, 3.8) is 0 Å².